The predicted octanol–water partition coefficient (Wildman–Crippen LogP) is 2.58. The van der Waals surface area contributed by atoms with Crippen LogP contribution >= 0.6 is 11.6 Å². The summed E-state index contributed by atoms with van der Waals surface area (Å²) in [6, 6.07) is 9.11. The van der Waals surface area contributed by atoms with Crippen LogP contribution in [0.5, 0.6) is 0 Å². The molecule has 2 rings (SSSR count). The zero-order chi connectivity index (χ0) is 16.1. The van der Waals surface area contributed by atoms with Gasteiger partial charge in [0.25, 0.3) is 0 Å². The molecule has 0 spiro atoms. The van der Waals surface area contributed by atoms with Crippen molar-refractivity contribution in [3.63, 3.8) is 0 Å². The predicted molar refractivity (Wildman–Crippen MR) is 85.0 cm³/mol. The maximum atomic E-state index is 11.8. The summed E-state index contributed by atoms with van der Waals surface area (Å²) < 4.78 is 1.56. The van der Waals surface area contributed by atoms with Crippen LogP contribution in [0.4, 0.5) is 0 Å². The van der Waals surface area contributed by atoms with Gasteiger partial charge in [-0.3, -0.25) is 9.48 Å². The van der Waals surface area contributed by atoms with Crippen LogP contribution in [0.1, 0.15) is 22.4 Å². The Kier molecular flexibility index (Phi) is 4.97. The number of aromatic nitrogens is 2. The van der Waals surface area contributed by atoms with Crippen molar-refractivity contribution in [2.45, 2.75) is 13.5 Å². The highest BCUT2D eigenvalue weighted by molar-refractivity contribution is 6.31. The molecule has 0 fully saturated rings. The molecule has 5 nitrogen and oxygen atoms in total. The molecule has 2 aromatic rings. The first-order chi connectivity index (χ1) is 10.5. The summed E-state index contributed by atoms with van der Waals surface area (Å²) in [7, 11) is 1.75. The van der Waals surface area contributed by atoms with Crippen LogP contribution in [0.15, 0.2) is 30.3 Å². The molecule has 22 heavy (non-hydrogen) atoms. The number of benzene rings is 1. The van der Waals surface area contributed by atoms with E-state index in [1.54, 1.807) is 29.9 Å². The number of nitriles is 1. The minimum absolute atomic E-state index is 0.219. The van der Waals surface area contributed by atoms with Crippen molar-refractivity contribution in [2.24, 2.45) is 7.05 Å². The molecule has 0 aliphatic heterocycles. The quantitative estimate of drug-likeness (QED) is 0.882. The van der Waals surface area contributed by atoms with E-state index >= 15 is 0 Å². The van der Waals surface area contributed by atoms with Crippen LogP contribution in [-0.4, -0.2) is 15.7 Å². The molecule has 1 heterocycles. The number of amides is 1. The number of rotatable bonds is 4. The molecule has 6 heteroatoms. The normalized spacial score (nSPS) is 10.6. The average Bonchev–Trinajstić information content (AvgIpc) is 2.76. The summed E-state index contributed by atoms with van der Waals surface area (Å²) in [5.74, 6) is -0.219. The molecule has 0 saturated carbocycles. The molecule has 0 bridgehead atoms. The molecule has 1 aromatic carbocycles. The number of hydrogen-bond acceptors (Lipinski definition) is 3. The Labute approximate surface area is 133 Å². The van der Waals surface area contributed by atoms with Gasteiger partial charge in [-0.2, -0.15) is 10.4 Å². The third-order valence-corrected chi connectivity index (χ3v) is 3.60. The van der Waals surface area contributed by atoms with Crippen LogP contribution in [0.25, 0.3) is 6.08 Å². The van der Waals surface area contributed by atoms with Gasteiger partial charge in [-0.1, -0.05) is 23.7 Å². The average molecular weight is 315 g/mol. The van der Waals surface area contributed by atoms with Crippen molar-refractivity contribution in [3.05, 3.63) is 57.9 Å². The second-order valence-corrected chi connectivity index (χ2v) is 5.13. The minimum atomic E-state index is -0.219. The number of halogens is 1. The number of carbonyl (C=O) groups excluding carboxylic acids is 1. The summed E-state index contributed by atoms with van der Waals surface area (Å²) in [5.41, 5.74) is 3.02. The number of hydrogen-bond donors (Lipinski definition) is 1. The maximum absolute atomic E-state index is 11.8. The molecule has 1 amide bonds. The highest BCUT2D eigenvalue weighted by atomic mass is 35.5. The van der Waals surface area contributed by atoms with Crippen molar-refractivity contribution in [1.82, 2.24) is 15.1 Å². The van der Waals surface area contributed by atoms with Gasteiger partial charge in [-0.05, 0) is 30.7 Å². The van der Waals surface area contributed by atoms with Gasteiger partial charge in [-0.25, -0.2) is 0 Å². The van der Waals surface area contributed by atoms with E-state index in [1.165, 1.54) is 6.08 Å². The summed E-state index contributed by atoms with van der Waals surface area (Å²) in [6.07, 6.45) is 3.08. The molecule has 0 atom stereocenters. The lowest BCUT2D eigenvalue weighted by molar-refractivity contribution is -0.116. The van der Waals surface area contributed by atoms with Gasteiger partial charge in [0.15, 0.2) is 0 Å². The topological polar surface area (TPSA) is 70.7 Å². The fraction of sp³-hybridized carbons (Fsp3) is 0.188. The highest BCUT2D eigenvalue weighted by Gasteiger charge is 2.08. The lowest BCUT2D eigenvalue weighted by atomic mass is 10.1. The number of carbonyl (C=O) groups is 1. The molecular weight excluding hydrogens is 300 g/mol. The first-order valence-electron chi connectivity index (χ1n) is 6.65. The van der Waals surface area contributed by atoms with Gasteiger partial charge in [0, 0.05) is 25.2 Å². The van der Waals surface area contributed by atoms with Gasteiger partial charge in [0.1, 0.15) is 5.15 Å². The second kappa shape index (κ2) is 6.92. The molecule has 0 aliphatic rings. The van der Waals surface area contributed by atoms with Crippen LogP contribution in [0.3, 0.4) is 0 Å². The van der Waals surface area contributed by atoms with Crippen molar-refractivity contribution in [3.8, 4) is 6.07 Å². The van der Waals surface area contributed by atoms with Gasteiger partial charge in [0.2, 0.25) is 5.91 Å². The summed E-state index contributed by atoms with van der Waals surface area (Å²) in [5, 5.41) is 16.2. The van der Waals surface area contributed by atoms with Crippen LogP contribution < -0.4 is 5.32 Å². The van der Waals surface area contributed by atoms with E-state index in [9.17, 15) is 4.79 Å². The smallest absolute Gasteiger partial charge is 0.244 e. The molecule has 0 aliphatic carbocycles. The third-order valence-electron chi connectivity index (χ3n) is 3.15. The van der Waals surface area contributed by atoms with Crippen LogP contribution in [0, 0.1) is 18.3 Å². The van der Waals surface area contributed by atoms with E-state index in [-0.39, 0.29) is 5.91 Å². The van der Waals surface area contributed by atoms with E-state index in [0.29, 0.717) is 17.3 Å². The number of nitrogens with one attached hydrogen (secondary N) is 1. The lowest BCUT2D eigenvalue weighted by Gasteiger charge is -2.02. The van der Waals surface area contributed by atoms with Crippen molar-refractivity contribution >= 4 is 23.6 Å². The Balaban J connectivity index is 1.95. The molecule has 1 aromatic heterocycles. The fourth-order valence-corrected chi connectivity index (χ4v) is 2.18. The molecule has 0 radical (unpaired) electrons. The summed E-state index contributed by atoms with van der Waals surface area (Å²) in [4.78, 5) is 11.8. The van der Waals surface area contributed by atoms with Gasteiger partial charge in [-0.15, -0.1) is 0 Å². The Bertz CT molecular complexity index is 754. The third kappa shape index (κ3) is 3.74. The lowest BCUT2D eigenvalue weighted by Crippen LogP contribution is -2.20. The largest absolute Gasteiger partial charge is 0.348 e. The number of aryl methyl sites for hydroxylation is 2. The van der Waals surface area contributed by atoms with Crippen molar-refractivity contribution in [2.75, 3.05) is 0 Å². The molecule has 0 unspecified atom stereocenters. The minimum Gasteiger partial charge on any atom is -0.348 e. The Morgan fingerprint density at radius 2 is 2.14 bits per heavy atom. The first-order valence-corrected chi connectivity index (χ1v) is 7.03. The standard InChI is InChI=1S/C16H15ClN4O/c1-11-14(16(17)21(2)20-11)7-8-15(22)19-10-13-5-3-12(9-18)4-6-13/h3-8H,10H2,1-2H3,(H,19,22)/b8-7+. The molecule has 0 saturated heterocycles. The number of nitrogens with zero attached hydrogens (tertiary/aromatic N) is 3. The van der Waals surface area contributed by atoms with Crippen LogP contribution in [-0.2, 0) is 18.4 Å². The van der Waals surface area contributed by atoms with E-state index in [1.807, 2.05) is 19.1 Å². The molecular formula is C16H15ClN4O. The van der Waals surface area contributed by atoms with E-state index < -0.39 is 0 Å². The van der Waals surface area contributed by atoms with E-state index in [2.05, 4.69) is 16.5 Å². The Hall–Kier alpha value is -2.58. The molecule has 1 N–H and O–H groups in total. The summed E-state index contributed by atoms with van der Waals surface area (Å²) >= 11 is 6.09. The maximum Gasteiger partial charge on any atom is 0.244 e. The monoisotopic (exact) mass is 314 g/mol. The van der Waals surface area contributed by atoms with Crippen molar-refractivity contribution < 1.29 is 4.79 Å². The fourth-order valence-electron chi connectivity index (χ4n) is 1.94. The first kappa shape index (κ1) is 15.8. The highest BCUT2D eigenvalue weighted by Crippen LogP contribution is 2.19. The van der Waals surface area contributed by atoms with E-state index in [4.69, 9.17) is 16.9 Å². The Morgan fingerprint density at radius 1 is 1.45 bits per heavy atom. The zero-order valence-corrected chi connectivity index (χ0v) is 13.1. The van der Waals surface area contributed by atoms with E-state index in [0.717, 1.165) is 16.8 Å². The van der Waals surface area contributed by atoms with Crippen molar-refractivity contribution in [1.29, 1.82) is 5.26 Å². The van der Waals surface area contributed by atoms with Crippen LogP contribution in [0.2, 0.25) is 5.15 Å². The molecule has 112 valence electrons. The Morgan fingerprint density at radius 3 is 2.68 bits per heavy atom. The SMILES string of the molecule is Cc1nn(C)c(Cl)c1/C=C/C(=O)NCc1ccc(C#N)cc1. The van der Waals surface area contributed by atoms with Gasteiger partial charge in [0.05, 0.1) is 17.3 Å². The zero-order valence-electron chi connectivity index (χ0n) is 12.3. The van der Waals surface area contributed by atoms with Gasteiger partial charge < -0.3 is 5.32 Å². The summed E-state index contributed by atoms with van der Waals surface area (Å²) in [6.45, 7) is 2.23. The van der Waals surface area contributed by atoms with Gasteiger partial charge >= 0.3 is 0 Å². The second-order valence-electron chi connectivity index (χ2n) is 4.77.